The highest BCUT2D eigenvalue weighted by atomic mass is 19.3. The zero-order chi connectivity index (χ0) is 9.35. The summed E-state index contributed by atoms with van der Waals surface area (Å²) in [6, 6.07) is 0. The molecule has 0 aromatic rings. The first-order valence-corrected chi connectivity index (χ1v) is 3.65. The number of rotatable bonds is 3. The molecule has 1 rings (SSSR count). The van der Waals surface area contributed by atoms with Crippen molar-refractivity contribution < 1.29 is 23.1 Å². The van der Waals surface area contributed by atoms with Crippen LogP contribution >= 0.6 is 0 Å². The first-order valence-electron chi connectivity index (χ1n) is 3.65. The van der Waals surface area contributed by atoms with E-state index in [0.717, 1.165) is 0 Å². The van der Waals surface area contributed by atoms with Gasteiger partial charge in [0.2, 0.25) is 5.92 Å². The first-order chi connectivity index (χ1) is 5.41. The summed E-state index contributed by atoms with van der Waals surface area (Å²) in [4.78, 5) is 9.97. The third-order valence-electron chi connectivity index (χ3n) is 1.98. The predicted molar refractivity (Wildman–Crippen MR) is 34.8 cm³/mol. The first kappa shape index (κ1) is 9.35. The summed E-state index contributed by atoms with van der Waals surface area (Å²) in [7, 11) is 0. The molecule has 1 unspecified atom stereocenters. The van der Waals surface area contributed by atoms with Crippen LogP contribution in [0.4, 0.5) is 13.2 Å². The average Bonchev–Trinajstić information content (AvgIpc) is 1.83. The fourth-order valence-corrected chi connectivity index (χ4v) is 1.35. The Kier molecular flexibility index (Phi) is 2.30. The Morgan fingerprint density at radius 2 is 2.08 bits per heavy atom. The second-order valence-electron chi connectivity index (χ2n) is 3.17. The second kappa shape index (κ2) is 2.95. The molecule has 0 radical (unpaired) electrons. The molecule has 1 saturated carbocycles. The molecule has 0 saturated heterocycles. The molecule has 1 aliphatic rings. The lowest BCUT2D eigenvalue weighted by atomic mass is 9.78. The van der Waals surface area contributed by atoms with E-state index in [2.05, 4.69) is 0 Å². The van der Waals surface area contributed by atoms with Crippen LogP contribution in [0.15, 0.2) is 0 Å². The van der Waals surface area contributed by atoms with Crippen LogP contribution in [0.3, 0.4) is 0 Å². The van der Waals surface area contributed by atoms with Crippen LogP contribution in [0.2, 0.25) is 0 Å². The fraction of sp³-hybridized carbons (Fsp3) is 0.857. The largest absolute Gasteiger partial charge is 0.479 e. The minimum atomic E-state index is -2.69. The highest BCUT2D eigenvalue weighted by Gasteiger charge is 2.46. The van der Waals surface area contributed by atoms with Gasteiger partial charge in [0.1, 0.15) is 0 Å². The number of hydrogen-bond acceptors (Lipinski definition) is 1. The molecule has 1 atom stereocenters. The summed E-state index contributed by atoms with van der Waals surface area (Å²) in [5, 5.41) is 8.12. The maximum Gasteiger partial charge on any atom is 0.338 e. The molecule has 2 nitrogen and oxygen atoms in total. The van der Waals surface area contributed by atoms with Gasteiger partial charge in [0, 0.05) is 12.8 Å². The summed E-state index contributed by atoms with van der Waals surface area (Å²) in [6.07, 6.45) is -3.03. The van der Waals surface area contributed by atoms with E-state index in [0.29, 0.717) is 0 Å². The summed E-state index contributed by atoms with van der Waals surface area (Å²) in [5.41, 5.74) is 0. The molecule has 12 heavy (non-hydrogen) atoms. The number of aliphatic carboxylic acids is 1. The Hall–Kier alpha value is -0.740. The molecule has 0 aromatic heterocycles. The lowest BCUT2D eigenvalue weighted by molar-refractivity contribution is -0.148. The Balaban J connectivity index is 2.23. The van der Waals surface area contributed by atoms with E-state index in [1.54, 1.807) is 0 Å². The van der Waals surface area contributed by atoms with Crippen molar-refractivity contribution in [3.8, 4) is 0 Å². The van der Waals surface area contributed by atoms with Crippen molar-refractivity contribution in [2.24, 2.45) is 5.92 Å². The minimum absolute atomic E-state index is 0.287. The number of carboxylic acid groups (broad SMARTS) is 1. The molecule has 70 valence electrons. The lowest BCUT2D eigenvalue weighted by Crippen LogP contribution is -2.37. The molecule has 0 spiro atoms. The van der Waals surface area contributed by atoms with Crippen LogP contribution in [0.5, 0.6) is 0 Å². The van der Waals surface area contributed by atoms with Gasteiger partial charge in [0.25, 0.3) is 0 Å². The van der Waals surface area contributed by atoms with Crippen molar-refractivity contribution in [1.29, 1.82) is 0 Å². The predicted octanol–water partition coefficient (Wildman–Crippen LogP) is 1.84. The monoisotopic (exact) mass is 182 g/mol. The van der Waals surface area contributed by atoms with E-state index in [1.165, 1.54) is 0 Å². The number of carbonyl (C=O) groups is 1. The summed E-state index contributed by atoms with van der Waals surface area (Å²) >= 11 is 0. The Labute approximate surface area is 67.4 Å². The topological polar surface area (TPSA) is 37.3 Å². The van der Waals surface area contributed by atoms with Gasteiger partial charge >= 0.3 is 5.97 Å². The Bertz CT molecular complexity index is 185. The molecule has 1 N–H and O–H groups in total. The van der Waals surface area contributed by atoms with E-state index in [1.807, 2.05) is 0 Å². The van der Waals surface area contributed by atoms with Crippen LogP contribution in [-0.4, -0.2) is 23.2 Å². The number of halogens is 3. The van der Waals surface area contributed by atoms with Crippen LogP contribution in [0.1, 0.15) is 19.3 Å². The van der Waals surface area contributed by atoms with Crippen LogP contribution in [0, 0.1) is 5.92 Å². The zero-order valence-corrected chi connectivity index (χ0v) is 6.27. The Morgan fingerprint density at radius 3 is 2.42 bits per heavy atom. The molecule has 5 heteroatoms. The van der Waals surface area contributed by atoms with Gasteiger partial charge in [-0.3, -0.25) is 0 Å². The van der Waals surface area contributed by atoms with Gasteiger partial charge in [-0.1, -0.05) is 0 Å². The van der Waals surface area contributed by atoms with Crippen LogP contribution in [0.25, 0.3) is 0 Å². The lowest BCUT2D eigenvalue weighted by Gasteiger charge is -2.35. The Morgan fingerprint density at radius 1 is 1.58 bits per heavy atom. The maximum absolute atomic E-state index is 12.4. The highest BCUT2D eigenvalue weighted by Crippen LogP contribution is 2.44. The van der Waals surface area contributed by atoms with Gasteiger partial charge in [-0.15, -0.1) is 0 Å². The molecule has 0 aromatic carbocycles. The summed E-state index contributed by atoms with van der Waals surface area (Å²) in [6.45, 7) is 0. The van der Waals surface area contributed by atoms with Gasteiger partial charge in [-0.2, -0.15) is 0 Å². The number of alkyl halides is 3. The summed E-state index contributed by atoms with van der Waals surface area (Å²) < 4.78 is 36.7. The van der Waals surface area contributed by atoms with E-state index in [4.69, 9.17) is 5.11 Å². The van der Waals surface area contributed by atoms with Gasteiger partial charge < -0.3 is 5.11 Å². The molecule has 0 amide bonds. The van der Waals surface area contributed by atoms with Crippen molar-refractivity contribution in [2.45, 2.75) is 31.4 Å². The van der Waals surface area contributed by atoms with E-state index in [9.17, 15) is 18.0 Å². The second-order valence-corrected chi connectivity index (χ2v) is 3.17. The molecule has 1 aliphatic carbocycles. The highest BCUT2D eigenvalue weighted by molar-refractivity contribution is 5.72. The molecule has 1 fully saturated rings. The maximum atomic E-state index is 12.4. The van der Waals surface area contributed by atoms with Crippen LogP contribution < -0.4 is 0 Å². The molecule has 0 bridgehead atoms. The smallest absolute Gasteiger partial charge is 0.338 e. The number of hydrogen-bond donors (Lipinski definition) is 1. The van der Waals surface area contributed by atoms with Crippen molar-refractivity contribution >= 4 is 5.97 Å². The molecular weight excluding hydrogens is 173 g/mol. The third-order valence-corrected chi connectivity index (χ3v) is 1.98. The minimum Gasteiger partial charge on any atom is -0.479 e. The van der Waals surface area contributed by atoms with Crippen molar-refractivity contribution in [2.75, 3.05) is 0 Å². The van der Waals surface area contributed by atoms with Crippen molar-refractivity contribution in [3.05, 3.63) is 0 Å². The standard InChI is InChI=1S/C7H9F3O2/c8-5(6(11)12)1-4-2-7(9,10)3-4/h4-5H,1-3H2,(H,11,12). The fourth-order valence-electron chi connectivity index (χ4n) is 1.35. The van der Waals surface area contributed by atoms with Gasteiger partial charge in [0.05, 0.1) is 0 Å². The number of carboxylic acids is 1. The van der Waals surface area contributed by atoms with E-state index >= 15 is 0 Å². The van der Waals surface area contributed by atoms with E-state index < -0.39 is 24.0 Å². The van der Waals surface area contributed by atoms with E-state index in [-0.39, 0.29) is 19.3 Å². The van der Waals surface area contributed by atoms with Crippen molar-refractivity contribution in [1.82, 2.24) is 0 Å². The van der Waals surface area contributed by atoms with Gasteiger partial charge in [-0.25, -0.2) is 18.0 Å². The zero-order valence-electron chi connectivity index (χ0n) is 6.27. The van der Waals surface area contributed by atoms with Gasteiger partial charge in [-0.05, 0) is 12.3 Å². The molecule has 0 aliphatic heterocycles. The quantitative estimate of drug-likeness (QED) is 0.723. The molecular formula is C7H9F3O2. The van der Waals surface area contributed by atoms with Gasteiger partial charge in [0.15, 0.2) is 6.17 Å². The third kappa shape index (κ3) is 2.12. The summed E-state index contributed by atoms with van der Waals surface area (Å²) in [5.74, 6) is -4.72. The normalized spacial score (nSPS) is 24.6. The molecule has 0 heterocycles. The van der Waals surface area contributed by atoms with Crippen LogP contribution in [-0.2, 0) is 4.79 Å². The van der Waals surface area contributed by atoms with Crippen molar-refractivity contribution in [3.63, 3.8) is 0 Å². The average molecular weight is 182 g/mol. The SMILES string of the molecule is O=C(O)C(F)CC1CC(F)(F)C1.